The molecule has 4 heteroatoms. The van der Waals surface area contributed by atoms with E-state index in [2.05, 4.69) is 34.4 Å². The van der Waals surface area contributed by atoms with Gasteiger partial charge in [-0.15, -0.1) is 0 Å². The minimum atomic E-state index is 0.289. The van der Waals surface area contributed by atoms with Crippen molar-refractivity contribution in [3.63, 3.8) is 0 Å². The summed E-state index contributed by atoms with van der Waals surface area (Å²) in [4.78, 5) is 4.56. The molecule has 0 aliphatic heterocycles. The summed E-state index contributed by atoms with van der Waals surface area (Å²) in [6.45, 7) is 0. The highest BCUT2D eigenvalue weighted by molar-refractivity contribution is 5.58. The van der Waals surface area contributed by atoms with Crippen molar-refractivity contribution in [3.05, 3.63) is 65.5 Å². The fourth-order valence-corrected chi connectivity index (χ4v) is 2.88. The topological polar surface area (TPSA) is 64.9 Å². The molecule has 1 heterocycles. The van der Waals surface area contributed by atoms with Crippen LogP contribution in [0.15, 0.2) is 53.1 Å². The average Bonchev–Trinajstić information content (AvgIpc) is 3.14. The van der Waals surface area contributed by atoms with Crippen LogP contribution in [-0.4, -0.2) is 10.1 Å². The molecule has 0 fully saturated rings. The van der Waals surface area contributed by atoms with Crippen LogP contribution in [0.2, 0.25) is 0 Å². The molecule has 1 aliphatic carbocycles. The molecular formula is C17H15N3O. The molecule has 0 spiro atoms. The number of nitrogens with two attached hydrogens (primary N) is 1. The number of nitrogens with zero attached hydrogens (tertiary/aromatic N) is 2. The molecule has 1 aromatic heterocycles. The summed E-state index contributed by atoms with van der Waals surface area (Å²) >= 11 is 0. The van der Waals surface area contributed by atoms with Crippen molar-refractivity contribution in [1.82, 2.24) is 10.1 Å². The van der Waals surface area contributed by atoms with Crippen LogP contribution in [0.5, 0.6) is 0 Å². The van der Waals surface area contributed by atoms with Crippen LogP contribution >= 0.6 is 0 Å². The van der Waals surface area contributed by atoms with Crippen LogP contribution < -0.4 is 5.73 Å². The Balaban J connectivity index is 1.60. The first-order valence-corrected chi connectivity index (χ1v) is 7.06. The number of fused-ring (bicyclic) bond motifs is 1. The Bertz CT molecular complexity index is 752. The predicted octanol–water partition coefficient (Wildman–Crippen LogP) is 3.20. The summed E-state index contributed by atoms with van der Waals surface area (Å²) < 4.78 is 5.47. The molecule has 4 nitrogen and oxygen atoms in total. The summed E-state index contributed by atoms with van der Waals surface area (Å²) in [7, 11) is 0. The SMILES string of the molecule is Nc1ccc(-c2noc(C3Cc4ccccc4C3)n2)cc1. The number of aromatic nitrogens is 2. The monoisotopic (exact) mass is 277 g/mol. The Labute approximate surface area is 122 Å². The second kappa shape index (κ2) is 4.74. The highest BCUT2D eigenvalue weighted by atomic mass is 16.5. The third kappa shape index (κ3) is 2.18. The maximum atomic E-state index is 5.69. The van der Waals surface area contributed by atoms with Crippen molar-refractivity contribution < 1.29 is 4.52 Å². The number of rotatable bonds is 2. The molecule has 0 radical (unpaired) electrons. The van der Waals surface area contributed by atoms with Gasteiger partial charge in [0.2, 0.25) is 11.7 Å². The Morgan fingerprint density at radius 3 is 2.29 bits per heavy atom. The minimum Gasteiger partial charge on any atom is -0.399 e. The largest absolute Gasteiger partial charge is 0.399 e. The van der Waals surface area contributed by atoms with E-state index in [0.29, 0.717) is 5.82 Å². The van der Waals surface area contributed by atoms with Gasteiger partial charge in [-0.25, -0.2) is 0 Å². The number of hydrogen-bond acceptors (Lipinski definition) is 4. The molecule has 0 atom stereocenters. The lowest BCUT2D eigenvalue weighted by molar-refractivity contribution is 0.356. The lowest BCUT2D eigenvalue weighted by Crippen LogP contribution is -1.98. The fourth-order valence-electron chi connectivity index (χ4n) is 2.88. The molecule has 1 aliphatic rings. The van der Waals surface area contributed by atoms with Crippen LogP contribution in [-0.2, 0) is 12.8 Å². The lowest BCUT2D eigenvalue weighted by Gasteiger charge is -2.00. The van der Waals surface area contributed by atoms with Gasteiger partial charge in [-0.3, -0.25) is 0 Å². The predicted molar refractivity (Wildman–Crippen MR) is 80.7 cm³/mol. The quantitative estimate of drug-likeness (QED) is 0.730. The van der Waals surface area contributed by atoms with Gasteiger partial charge in [-0.1, -0.05) is 29.4 Å². The van der Waals surface area contributed by atoms with Gasteiger partial charge in [0.15, 0.2) is 0 Å². The van der Waals surface area contributed by atoms with E-state index in [1.54, 1.807) is 0 Å². The standard InChI is InChI=1S/C17H15N3O/c18-15-7-5-11(6-8-15)16-19-17(21-20-16)14-9-12-3-1-2-4-13(12)10-14/h1-8,14H,9-10,18H2. The molecule has 0 amide bonds. The van der Waals surface area contributed by atoms with Crippen molar-refractivity contribution >= 4 is 5.69 Å². The van der Waals surface area contributed by atoms with Crippen molar-refractivity contribution in [2.75, 3.05) is 5.73 Å². The zero-order valence-electron chi connectivity index (χ0n) is 11.5. The van der Waals surface area contributed by atoms with Crippen LogP contribution in [0, 0.1) is 0 Å². The Kier molecular flexibility index (Phi) is 2.74. The van der Waals surface area contributed by atoms with E-state index in [4.69, 9.17) is 10.3 Å². The van der Waals surface area contributed by atoms with Gasteiger partial charge in [0.1, 0.15) is 0 Å². The Morgan fingerprint density at radius 1 is 0.952 bits per heavy atom. The summed E-state index contributed by atoms with van der Waals surface area (Å²) in [6, 6.07) is 16.0. The third-order valence-electron chi connectivity index (χ3n) is 4.01. The molecule has 0 saturated carbocycles. The highest BCUT2D eigenvalue weighted by Crippen LogP contribution is 2.33. The van der Waals surface area contributed by atoms with Crippen LogP contribution in [0.4, 0.5) is 5.69 Å². The van der Waals surface area contributed by atoms with E-state index in [-0.39, 0.29) is 5.92 Å². The van der Waals surface area contributed by atoms with Gasteiger partial charge in [0.05, 0.1) is 0 Å². The molecule has 3 aromatic rings. The maximum absolute atomic E-state index is 5.69. The minimum absolute atomic E-state index is 0.289. The van der Waals surface area contributed by atoms with E-state index >= 15 is 0 Å². The fraction of sp³-hybridized carbons (Fsp3) is 0.176. The third-order valence-corrected chi connectivity index (χ3v) is 4.01. The van der Waals surface area contributed by atoms with Crippen LogP contribution in [0.3, 0.4) is 0 Å². The Hall–Kier alpha value is -2.62. The normalized spacial score (nSPS) is 14.3. The maximum Gasteiger partial charge on any atom is 0.230 e. The lowest BCUT2D eigenvalue weighted by atomic mass is 10.1. The molecule has 21 heavy (non-hydrogen) atoms. The molecule has 2 aromatic carbocycles. The molecule has 0 bridgehead atoms. The van der Waals surface area contributed by atoms with E-state index in [0.717, 1.165) is 30.0 Å². The van der Waals surface area contributed by atoms with Gasteiger partial charge >= 0.3 is 0 Å². The number of anilines is 1. The molecule has 0 saturated heterocycles. The van der Waals surface area contributed by atoms with E-state index in [1.807, 2.05) is 24.3 Å². The first-order chi connectivity index (χ1) is 10.3. The van der Waals surface area contributed by atoms with Crippen molar-refractivity contribution in [2.45, 2.75) is 18.8 Å². The number of benzene rings is 2. The zero-order valence-corrected chi connectivity index (χ0v) is 11.5. The van der Waals surface area contributed by atoms with Gasteiger partial charge < -0.3 is 10.3 Å². The van der Waals surface area contributed by atoms with Gasteiger partial charge in [0, 0.05) is 17.2 Å². The summed E-state index contributed by atoms with van der Waals surface area (Å²) in [5.74, 6) is 1.64. The molecule has 2 N–H and O–H groups in total. The molecular weight excluding hydrogens is 262 g/mol. The molecule has 104 valence electrons. The van der Waals surface area contributed by atoms with E-state index < -0.39 is 0 Å². The average molecular weight is 277 g/mol. The second-order valence-corrected chi connectivity index (χ2v) is 5.45. The smallest absolute Gasteiger partial charge is 0.230 e. The molecule has 4 rings (SSSR count). The molecule has 0 unspecified atom stereocenters. The van der Waals surface area contributed by atoms with E-state index in [9.17, 15) is 0 Å². The summed E-state index contributed by atoms with van der Waals surface area (Å²) in [6.07, 6.45) is 1.94. The Morgan fingerprint density at radius 2 is 1.62 bits per heavy atom. The van der Waals surface area contributed by atoms with Gasteiger partial charge in [0.25, 0.3) is 0 Å². The number of nitrogen functional groups attached to an aromatic ring is 1. The second-order valence-electron chi connectivity index (χ2n) is 5.45. The summed E-state index contributed by atoms with van der Waals surface area (Å²) in [5.41, 5.74) is 10.1. The zero-order chi connectivity index (χ0) is 14.2. The van der Waals surface area contributed by atoms with Crippen molar-refractivity contribution in [2.24, 2.45) is 0 Å². The highest BCUT2D eigenvalue weighted by Gasteiger charge is 2.27. The first kappa shape index (κ1) is 12.1. The van der Waals surface area contributed by atoms with Gasteiger partial charge in [-0.05, 0) is 48.2 Å². The van der Waals surface area contributed by atoms with Crippen molar-refractivity contribution in [1.29, 1.82) is 0 Å². The van der Waals surface area contributed by atoms with Gasteiger partial charge in [-0.2, -0.15) is 4.98 Å². The van der Waals surface area contributed by atoms with E-state index in [1.165, 1.54) is 11.1 Å². The van der Waals surface area contributed by atoms with Crippen molar-refractivity contribution in [3.8, 4) is 11.4 Å². The number of hydrogen-bond donors (Lipinski definition) is 1. The van der Waals surface area contributed by atoms with Crippen LogP contribution in [0.1, 0.15) is 22.9 Å². The summed E-state index contributed by atoms with van der Waals surface area (Å²) in [5, 5.41) is 4.10. The first-order valence-electron chi connectivity index (χ1n) is 7.06. The van der Waals surface area contributed by atoms with Crippen LogP contribution in [0.25, 0.3) is 11.4 Å².